The molecule has 4 heteroatoms. The maximum absolute atomic E-state index is 10.7. The van der Waals surface area contributed by atoms with Crippen LogP contribution in [0.4, 0.5) is 0 Å². The number of hydrogen-bond acceptors (Lipinski definition) is 2. The molecule has 0 aliphatic heterocycles. The third-order valence-corrected chi connectivity index (χ3v) is 3.57. The second-order valence-electron chi connectivity index (χ2n) is 4.07. The number of carbonyl (C=O) groups is 1. The Labute approximate surface area is 98.9 Å². The third kappa shape index (κ3) is 4.22. The predicted molar refractivity (Wildman–Crippen MR) is 63.8 cm³/mol. The van der Waals surface area contributed by atoms with Gasteiger partial charge in [-0.05, 0) is 24.5 Å². The average molecular weight is 247 g/mol. The zero-order valence-corrected chi connectivity index (χ0v) is 10.4. The summed E-state index contributed by atoms with van der Waals surface area (Å²) >= 11 is 7.33. The van der Waals surface area contributed by atoms with E-state index in [-0.39, 0.29) is 12.3 Å². The zero-order valence-electron chi connectivity index (χ0n) is 8.87. The lowest BCUT2D eigenvalue weighted by molar-refractivity contribution is -0.137. The lowest BCUT2D eigenvalue weighted by Crippen LogP contribution is -2.07. The standard InChI is InChI=1S/C11H15ClO2S/c1-7(2)5-8(6-11(13)14)9-3-4-10(12)15-9/h3-4,7-8H,5-6H2,1-2H3,(H,13,14). The highest BCUT2D eigenvalue weighted by Crippen LogP contribution is 2.34. The first-order valence-corrected chi connectivity index (χ1v) is 6.15. The predicted octanol–water partition coefficient (Wildman–Crippen LogP) is 4.01. The van der Waals surface area contributed by atoms with E-state index in [1.54, 1.807) is 0 Å². The molecule has 1 heterocycles. The Balaban J connectivity index is 2.75. The van der Waals surface area contributed by atoms with E-state index in [9.17, 15) is 4.79 Å². The van der Waals surface area contributed by atoms with Crippen LogP contribution in [0.1, 0.15) is 37.5 Å². The molecule has 1 N–H and O–H groups in total. The van der Waals surface area contributed by atoms with Crippen molar-refractivity contribution in [1.82, 2.24) is 0 Å². The van der Waals surface area contributed by atoms with Crippen molar-refractivity contribution in [2.45, 2.75) is 32.6 Å². The highest BCUT2D eigenvalue weighted by molar-refractivity contribution is 7.16. The highest BCUT2D eigenvalue weighted by Gasteiger charge is 2.18. The molecule has 1 aromatic heterocycles. The molecule has 0 aliphatic rings. The first kappa shape index (κ1) is 12.5. The topological polar surface area (TPSA) is 37.3 Å². The summed E-state index contributed by atoms with van der Waals surface area (Å²) in [5.41, 5.74) is 0. The second kappa shape index (κ2) is 5.52. The maximum Gasteiger partial charge on any atom is 0.303 e. The average Bonchev–Trinajstić information content (AvgIpc) is 2.48. The molecule has 0 aliphatic carbocycles. The van der Waals surface area contributed by atoms with Gasteiger partial charge in [0.25, 0.3) is 0 Å². The fourth-order valence-corrected chi connectivity index (χ4v) is 2.80. The monoisotopic (exact) mass is 246 g/mol. The van der Waals surface area contributed by atoms with Crippen LogP contribution in [0.2, 0.25) is 4.34 Å². The number of rotatable bonds is 5. The van der Waals surface area contributed by atoms with E-state index in [0.717, 1.165) is 15.6 Å². The molecule has 0 saturated heterocycles. The fourth-order valence-electron chi connectivity index (χ4n) is 1.63. The molecule has 2 nitrogen and oxygen atoms in total. The van der Waals surface area contributed by atoms with E-state index in [2.05, 4.69) is 13.8 Å². The molecular formula is C11H15ClO2S. The van der Waals surface area contributed by atoms with Crippen molar-refractivity contribution in [2.24, 2.45) is 5.92 Å². The Hall–Kier alpha value is -0.540. The van der Waals surface area contributed by atoms with Crippen LogP contribution in [-0.4, -0.2) is 11.1 Å². The van der Waals surface area contributed by atoms with Crippen molar-refractivity contribution in [3.05, 3.63) is 21.3 Å². The van der Waals surface area contributed by atoms with Gasteiger partial charge in [0.15, 0.2) is 0 Å². The highest BCUT2D eigenvalue weighted by atomic mass is 35.5. The molecule has 1 aromatic rings. The van der Waals surface area contributed by atoms with Crippen molar-refractivity contribution in [3.63, 3.8) is 0 Å². The van der Waals surface area contributed by atoms with E-state index in [4.69, 9.17) is 16.7 Å². The number of aliphatic carboxylic acids is 1. The number of hydrogen-bond donors (Lipinski definition) is 1. The molecule has 0 fully saturated rings. The van der Waals surface area contributed by atoms with Gasteiger partial charge in [0, 0.05) is 10.8 Å². The van der Waals surface area contributed by atoms with Gasteiger partial charge >= 0.3 is 5.97 Å². The van der Waals surface area contributed by atoms with E-state index in [1.807, 2.05) is 12.1 Å². The van der Waals surface area contributed by atoms with Crippen LogP contribution in [0.15, 0.2) is 12.1 Å². The Morgan fingerprint density at radius 3 is 2.60 bits per heavy atom. The summed E-state index contributed by atoms with van der Waals surface area (Å²) in [6.45, 7) is 4.20. The van der Waals surface area contributed by atoms with Gasteiger partial charge < -0.3 is 5.11 Å². The molecule has 0 saturated carbocycles. The molecule has 15 heavy (non-hydrogen) atoms. The summed E-state index contributed by atoms with van der Waals surface area (Å²) < 4.78 is 0.726. The first-order valence-electron chi connectivity index (χ1n) is 4.96. The molecule has 1 rings (SSSR count). The SMILES string of the molecule is CC(C)CC(CC(=O)O)c1ccc(Cl)s1. The molecule has 0 aromatic carbocycles. The number of carboxylic acid groups (broad SMARTS) is 1. The van der Waals surface area contributed by atoms with Gasteiger partial charge in [0.05, 0.1) is 10.8 Å². The largest absolute Gasteiger partial charge is 0.481 e. The normalized spacial score (nSPS) is 13.1. The minimum Gasteiger partial charge on any atom is -0.481 e. The van der Waals surface area contributed by atoms with Gasteiger partial charge in [0.1, 0.15) is 0 Å². The van der Waals surface area contributed by atoms with E-state index >= 15 is 0 Å². The number of halogens is 1. The molecule has 0 bridgehead atoms. The smallest absolute Gasteiger partial charge is 0.303 e. The quantitative estimate of drug-likeness (QED) is 0.853. The summed E-state index contributed by atoms with van der Waals surface area (Å²) in [7, 11) is 0. The van der Waals surface area contributed by atoms with E-state index in [1.165, 1.54) is 11.3 Å². The zero-order chi connectivity index (χ0) is 11.4. The summed E-state index contributed by atoms with van der Waals surface area (Å²) in [5.74, 6) is -0.152. The lowest BCUT2D eigenvalue weighted by Gasteiger charge is -2.15. The second-order valence-corrected chi connectivity index (χ2v) is 5.81. The maximum atomic E-state index is 10.7. The van der Waals surface area contributed by atoms with Gasteiger partial charge in [-0.25, -0.2) is 0 Å². The molecule has 84 valence electrons. The van der Waals surface area contributed by atoms with Crippen LogP contribution in [0.25, 0.3) is 0 Å². The Morgan fingerprint density at radius 2 is 2.20 bits per heavy atom. The van der Waals surface area contributed by atoms with Gasteiger partial charge in [-0.3, -0.25) is 4.79 Å². The van der Waals surface area contributed by atoms with Gasteiger partial charge in [0.2, 0.25) is 0 Å². The number of thiophene rings is 1. The molecule has 0 amide bonds. The van der Waals surface area contributed by atoms with Crippen molar-refractivity contribution < 1.29 is 9.90 Å². The molecule has 1 unspecified atom stereocenters. The third-order valence-electron chi connectivity index (χ3n) is 2.17. The van der Waals surface area contributed by atoms with Gasteiger partial charge in [-0.15, -0.1) is 11.3 Å². The van der Waals surface area contributed by atoms with Crippen LogP contribution in [0.5, 0.6) is 0 Å². The summed E-state index contributed by atoms with van der Waals surface area (Å²) in [6.07, 6.45) is 1.08. The summed E-state index contributed by atoms with van der Waals surface area (Å²) in [5, 5.41) is 8.84. The first-order chi connectivity index (χ1) is 6.99. The van der Waals surface area contributed by atoms with Crippen LogP contribution in [0.3, 0.4) is 0 Å². The Morgan fingerprint density at radius 1 is 1.53 bits per heavy atom. The van der Waals surface area contributed by atoms with Crippen LogP contribution in [0, 0.1) is 5.92 Å². The van der Waals surface area contributed by atoms with E-state index < -0.39 is 5.97 Å². The minimum atomic E-state index is -0.745. The summed E-state index contributed by atoms with van der Waals surface area (Å²) in [4.78, 5) is 11.8. The lowest BCUT2D eigenvalue weighted by atomic mass is 9.93. The van der Waals surface area contributed by atoms with Crippen molar-refractivity contribution in [3.8, 4) is 0 Å². The van der Waals surface area contributed by atoms with Crippen LogP contribution in [-0.2, 0) is 4.79 Å². The van der Waals surface area contributed by atoms with Gasteiger partial charge in [-0.2, -0.15) is 0 Å². The molecule has 0 spiro atoms. The Bertz CT molecular complexity index is 333. The Kier molecular flexibility index (Phi) is 4.61. The van der Waals surface area contributed by atoms with E-state index in [0.29, 0.717) is 5.92 Å². The van der Waals surface area contributed by atoms with Gasteiger partial charge in [-0.1, -0.05) is 25.4 Å². The fraction of sp³-hybridized carbons (Fsp3) is 0.545. The molecule has 0 radical (unpaired) electrons. The number of carboxylic acids is 1. The van der Waals surface area contributed by atoms with Crippen molar-refractivity contribution in [2.75, 3.05) is 0 Å². The van der Waals surface area contributed by atoms with Crippen LogP contribution < -0.4 is 0 Å². The van der Waals surface area contributed by atoms with Crippen LogP contribution >= 0.6 is 22.9 Å². The summed E-state index contributed by atoms with van der Waals surface area (Å²) in [6, 6.07) is 3.76. The molecular weight excluding hydrogens is 232 g/mol. The molecule has 1 atom stereocenters. The minimum absolute atomic E-state index is 0.0972. The van der Waals surface area contributed by atoms with Crippen molar-refractivity contribution in [1.29, 1.82) is 0 Å². The van der Waals surface area contributed by atoms with Crippen molar-refractivity contribution >= 4 is 28.9 Å².